The van der Waals surface area contributed by atoms with Gasteiger partial charge in [-0.3, -0.25) is 9.59 Å². The van der Waals surface area contributed by atoms with Crippen molar-refractivity contribution in [3.63, 3.8) is 0 Å². The first-order valence-corrected chi connectivity index (χ1v) is 47.7. The van der Waals surface area contributed by atoms with Crippen LogP contribution >= 0.6 is 70.1 Å². The molecule has 0 saturated carbocycles. The second-order valence-electron chi connectivity index (χ2n) is 33.1. The molecule has 6 saturated heterocycles. The predicted octanol–water partition coefficient (Wildman–Crippen LogP) is 8.45. The van der Waals surface area contributed by atoms with Gasteiger partial charge in [0.25, 0.3) is 0 Å². The normalized spacial score (nSPS) is 27.1. The van der Waals surface area contributed by atoms with Crippen LogP contribution < -0.4 is 34.7 Å². The number of azide groups is 1. The molecule has 0 aliphatic carbocycles. The number of carbonyl (C=O) groups is 2. The molecule has 0 amide bonds. The predicted molar refractivity (Wildman–Crippen MR) is 498 cm³/mol. The Bertz CT molecular complexity index is 6190. The maximum absolute atomic E-state index is 14.0. The fraction of sp³-hybridized carbons (Fsp3) is 0.451. The summed E-state index contributed by atoms with van der Waals surface area (Å²) >= 11 is 21.6. The van der Waals surface area contributed by atoms with Gasteiger partial charge in [-0.15, -0.1) is 67.2 Å². The molecule has 11 aromatic rings. The first kappa shape index (κ1) is 113. The average Bonchev–Trinajstić information content (AvgIpc) is 1.70. The van der Waals surface area contributed by atoms with Crippen molar-refractivity contribution in [1.29, 1.82) is 0 Å². The Morgan fingerprint density at radius 3 is 1.12 bits per heavy atom. The topological polar surface area (TPSA) is 462 Å². The number of nitrogens with zero attached hydrogens (tertiary/aromatic N) is 18. The van der Waals surface area contributed by atoms with Crippen LogP contribution in [-0.2, 0) is 61.7 Å². The van der Waals surface area contributed by atoms with Crippen molar-refractivity contribution < 1.29 is 161 Å². The van der Waals surface area contributed by atoms with E-state index in [1.165, 1.54) is 108 Å². The van der Waals surface area contributed by atoms with E-state index in [9.17, 15) is 74.6 Å². The van der Waals surface area contributed by atoms with Gasteiger partial charge in [0.2, 0.25) is 0 Å². The molecule has 5 aromatic heterocycles. The molecule has 0 spiro atoms. The first-order chi connectivity index (χ1) is 68.7. The number of carbonyl (C=O) groups excluding carboxylic acids is 2. The molecular formula is C91H95Cl3F9N18NaO19S3. The zero-order chi connectivity index (χ0) is 103. The summed E-state index contributed by atoms with van der Waals surface area (Å²) in [5, 5.41) is 108. The monoisotopic (exact) mass is 2140 g/mol. The number of benzene rings is 6. The summed E-state index contributed by atoms with van der Waals surface area (Å²) in [4.78, 5) is 26.0. The van der Waals surface area contributed by atoms with E-state index in [1.54, 1.807) is 59.5 Å². The number of aliphatic hydroxyl groups is 5. The Morgan fingerprint density at radius 2 is 0.792 bits per heavy atom. The number of aliphatic hydroxyl groups excluding tert-OH is 5. The number of aromatic nitrogens is 15. The van der Waals surface area contributed by atoms with Gasteiger partial charge in [0, 0.05) is 100 Å². The number of methoxy groups -OCH3 is 3. The van der Waals surface area contributed by atoms with Gasteiger partial charge in [0.15, 0.2) is 52.4 Å². The van der Waals surface area contributed by atoms with Crippen LogP contribution in [-0.4, -0.2) is 299 Å². The zero-order valence-electron chi connectivity index (χ0n) is 77.8. The van der Waals surface area contributed by atoms with E-state index >= 15 is 0 Å². The van der Waals surface area contributed by atoms with E-state index in [0.29, 0.717) is 26.5 Å². The van der Waals surface area contributed by atoms with E-state index in [0.717, 1.165) is 60.2 Å². The smallest absolute Gasteiger partial charge is 0.857 e. The number of terminal acetylenes is 1. The fourth-order valence-corrected chi connectivity index (χ4v) is 21.7. The van der Waals surface area contributed by atoms with Crippen molar-refractivity contribution in [3.05, 3.63) is 224 Å². The average molecular weight is 2140 g/mol. The molecular weight excluding hydrogens is 2050 g/mol. The van der Waals surface area contributed by atoms with Crippen molar-refractivity contribution in [2.24, 2.45) is 17.0 Å². The molecule has 37 nitrogen and oxygen atoms in total. The van der Waals surface area contributed by atoms with Gasteiger partial charge < -0.3 is 82.7 Å². The fourth-order valence-electron chi connectivity index (χ4n) is 16.7. The quantitative estimate of drug-likeness (QED) is 0.00523. The Labute approximate surface area is 866 Å². The maximum atomic E-state index is 14.0. The number of esters is 2. The molecule has 17 rings (SSSR count). The molecule has 5 N–H and O–H groups in total. The van der Waals surface area contributed by atoms with Crippen LogP contribution in [0.25, 0.3) is 66.7 Å². The Balaban J connectivity index is 0.000000183. The number of ether oxygens (including phenoxy) is 11. The summed E-state index contributed by atoms with van der Waals surface area (Å²) in [5.41, 5.74) is 10.1. The van der Waals surface area contributed by atoms with Crippen molar-refractivity contribution in [3.8, 4) is 68.6 Å². The Hall–Kier alpha value is -9.48. The summed E-state index contributed by atoms with van der Waals surface area (Å²) in [5.74, 6) is -12.3. The minimum absolute atomic E-state index is 0. The second kappa shape index (κ2) is 52.4. The van der Waals surface area contributed by atoms with Gasteiger partial charge in [-0.2, -0.15) is 7.11 Å². The summed E-state index contributed by atoms with van der Waals surface area (Å²) in [7, 11) is 5.11. The SMILES string of the molecule is C#Cc1cccc(Cl)c1.COC1C(SC2COCC(N=[N+]=[N-])C2O)OC(COC(C)=O)C(C)C1n1cc(-c2cc(F)c(F)c(F)c2)nn1.COC1C(SC2COCC(n3cc(-c4cccc(Cl)c4)nn3)C2O)OC(CO)C(O)C1n1cc(-c2cc(F)c(F)c(F)c2)nn1.COC1C(SC2COCC(n3cc(-c4cccc(Cl)c4)nn3)C2O)OC(COC(C)=O)C(C)C1n1cc(-c2cc(F)c(F)c(F)c2)nn1.C[O-].[Na+]. The first-order valence-electron chi connectivity index (χ1n) is 43.8. The number of hydrogen-bond acceptors (Lipinski definition) is 33. The van der Waals surface area contributed by atoms with Crippen LogP contribution in [0.5, 0.6) is 0 Å². The number of hydrogen-bond donors (Lipinski definition) is 5. The van der Waals surface area contributed by atoms with E-state index in [-0.39, 0.29) is 128 Å². The third-order valence-corrected chi connectivity index (χ3v) is 28.9. The van der Waals surface area contributed by atoms with Crippen molar-refractivity contribution in [2.45, 2.75) is 157 Å². The largest absolute Gasteiger partial charge is 1.00 e. The number of rotatable bonds is 25. The third-order valence-electron chi connectivity index (χ3n) is 24.0. The van der Waals surface area contributed by atoms with Gasteiger partial charge in [-0.05, 0) is 84.4 Å². The van der Waals surface area contributed by atoms with Crippen LogP contribution in [0, 0.1) is 76.5 Å². The van der Waals surface area contributed by atoms with Gasteiger partial charge in [-0.25, -0.2) is 62.9 Å². The molecule has 11 heterocycles. The Morgan fingerprint density at radius 1 is 0.472 bits per heavy atom. The number of thioether (sulfide) groups is 3. The van der Waals surface area contributed by atoms with Crippen molar-refractivity contribution in [2.75, 3.05) is 87.9 Å². The molecule has 53 heteroatoms. The standard InChI is InChI=1S/C31H32ClF3N6O6S.C28H28ClF3N6O6S.C23H27F3N6O6S.C8H5Cl.CH3O.Na/c1-15-25(13-46-16(2)42)47-31(30(44-3)28(15)41-11-23(37-39-41)18-8-20(33)27(35)21(34)9-18)48-26-14-45-12-24(29(26)43)40-10-22(36-38-40)17-5-4-6-19(32)7-17;1-42-27-24(38-9-19(34-36-38)14-6-16(30)23(32)17(31)7-14)26(41)21(10-39)44-28(27)45-22-12-43-11-20(25(22)40)37-8-18(33-35-37)13-3-2-4-15(29)5-13;1-10-17(8-37-11(2)33)38-23(39-18-9-36-7-16(21(18)34)28-30-27)22(35-3)20(10)32-6-15(29-31-32)12-4-13(24)19(26)14(25)5-12;1-2-7-4-3-5-8(9)6-7;1-2;/h4-11,15,24-26,28-31,43H,12-14H2,1-3H3;2-9,20-22,24-28,39-41H,10-12H2,1H3;4-6,10,16-18,20-23,34H,7-9H2,1-3H3;1,3-6H;1H3;/q;;;;-1;+1. The summed E-state index contributed by atoms with van der Waals surface area (Å²) < 4.78 is 195. The van der Waals surface area contributed by atoms with Crippen LogP contribution in [0.4, 0.5) is 39.5 Å². The molecule has 0 bridgehead atoms. The van der Waals surface area contributed by atoms with Crippen LogP contribution in [0.2, 0.25) is 15.1 Å². The van der Waals surface area contributed by atoms with Gasteiger partial charge in [0.05, 0.1) is 142 Å². The Kier molecular flexibility index (Phi) is 41.2. The van der Waals surface area contributed by atoms with Gasteiger partial charge in [0.1, 0.15) is 107 Å². The van der Waals surface area contributed by atoms with E-state index in [4.69, 9.17) is 104 Å². The molecule has 6 fully saturated rings. The van der Waals surface area contributed by atoms with E-state index < -0.39 is 200 Å². The molecule has 6 aromatic carbocycles. The van der Waals surface area contributed by atoms with Crippen LogP contribution in [0.3, 0.4) is 0 Å². The molecule has 6 aliphatic rings. The maximum Gasteiger partial charge on any atom is 1.00 e. The molecule has 766 valence electrons. The summed E-state index contributed by atoms with van der Waals surface area (Å²) in [6.45, 7) is 6.48. The van der Waals surface area contributed by atoms with Crippen molar-refractivity contribution in [1.82, 2.24) is 75.0 Å². The molecule has 0 radical (unpaired) electrons. The summed E-state index contributed by atoms with van der Waals surface area (Å²) in [6, 6.07) is 22.3. The molecule has 24 atom stereocenters. The van der Waals surface area contributed by atoms with Crippen LogP contribution in [0.15, 0.2) is 145 Å². The molecule has 144 heavy (non-hydrogen) atoms. The second-order valence-corrected chi connectivity index (χ2v) is 38.4. The number of halogens is 12. The van der Waals surface area contributed by atoms with Gasteiger partial charge >= 0.3 is 41.5 Å². The van der Waals surface area contributed by atoms with E-state index in [2.05, 4.69) is 67.5 Å². The minimum Gasteiger partial charge on any atom is -0.857 e. The molecule has 24 unspecified atom stereocenters. The minimum atomic E-state index is -1.61. The third kappa shape index (κ3) is 27.2. The van der Waals surface area contributed by atoms with E-state index in [1.807, 2.05) is 44.2 Å². The zero-order valence-corrected chi connectivity index (χ0v) is 84.6. The summed E-state index contributed by atoms with van der Waals surface area (Å²) in [6.07, 6.45) is 3.86. The van der Waals surface area contributed by atoms with Gasteiger partial charge in [-0.1, -0.05) is 116 Å². The van der Waals surface area contributed by atoms with Crippen LogP contribution in [0.1, 0.15) is 63.5 Å². The molecule has 6 aliphatic heterocycles. The van der Waals surface area contributed by atoms with Crippen molar-refractivity contribution >= 4 is 82.0 Å².